The Balaban J connectivity index is 2.14. The van der Waals surface area contributed by atoms with Crippen molar-refractivity contribution in [2.24, 2.45) is 0 Å². The van der Waals surface area contributed by atoms with E-state index in [-0.39, 0.29) is 5.69 Å². The number of pyridine rings is 1. The van der Waals surface area contributed by atoms with Gasteiger partial charge in [0.2, 0.25) is 5.88 Å². The molecule has 2 aromatic rings. The van der Waals surface area contributed by atoms with Gasteiger partial charge in [-0.3, -0.25) is 10.1 Å². The molecule has 0 aliphatic rings. The maximum atomic E-state index is 10.4. The van der Waals surface area contributed by atoms with Gasteiger partial charge in [0.05, 0.1) is 4.92 Å². The fourth-order valence-electron chi connectivity index (χ4n) is 1.10. The fourth-order valence-corrected chi connectivity index (χ4v) is 1.10. The molecular weight excluding hydrogens is 208 g/mol. The molecule has 1 aromatic heterocycles. The zero-order valence-corrected chi connectivity index (χ0v) is 8.16. The first-order valence-corrected chi connectivity index (χ1v) is 4.50. The topological polar surface area (TPSA) is 65.3 Å². The second kappa shape index (κ2) is 4.39. The average Bonchev–Trinajstić information content (AvgIpc) is 2.31. The third-order valence-electron chi connectivity index (χ3n) is 1.84. The highest BCUT2D eigenvalue weighted by molar-refractivity contribution is 5.32. The number of nitro groups is 1. The van der Waals surface area contributed by atoms with Crippen LogP contribution in [0.15, 0.2) is 42.6 Å². The van der Waals surface area contributed by atoms with Crippen LogP contribution in [0.25, 0.3) is 0 Å². The van der Waals surface area contributed by atoms with E-state index in [1.165, 1.54) is 12.1 Å². The molecule has 2 rings (SSSR count). The summed E-state index contributed by atoms with van der Waals surface area (Å²) in [4.78, 5) is 13.7. The second-order valence-corrected chi connectivity index (χ2v) is 2.95. The number of nitrogens with zero attached hydrogens (tertiary/aromatic N) is 2. The molecule has 0 saturated carbocycles. The lowest BCUT2D eigenvalue weighted by Gasteiger charge is -2.02. The Hall–Kier alpha value is -2.43. The SMILES string of the molecule is O=[N+]([O-])c1ccc(Oc2cc[c]cc2)nc1. The summed E-state index contributed by atoms with van der Waals surface area (Å²) in [5.74, 6) is 0.928. The summed E-state index contributed by atoms with van der Waals surface area (Å²) in [5, 5.41) is 10.4. The predicted molar refractivity (Wildman–Crippen MR) is 56.2 cm³/mol. The van der Waals surface area contributed by atoms with Gasteiger partial charge in [0.1, 0.15) is 11.9 Å². The molecule has 0 bridgehead atoms. The van der Waals surface area contributed by atoms with E-state index in [0.717, 1.165) is 6.20 Å². The Morgan fingerprint density at radius 3 is 2.56 bits per heavy atom. The minimum atomic E-state index is -0.506. The Labute approximate surface area is 91.5 Å². The van der Waals surface area contributed by atoms with Crippen LogP contribution in [-0.2, 0) is 0 Å². The van der Waals surface area contributed by atoms with Gasteiger partial charge < -0.3 is 4.74 Å². The smallest absolute Gasteiger partial charge is 0.287 e. The summed E-state index contributed by atoms with van der Waals surface area (Å²) in [6.07, 6.45) is 1.16. The van der Waals surface area contributed by atoms with Crippen molar-refractivity contribution in [2.75, 3.05) is 0 Å². The van der Waals surface area contributed by atoms with Crippen LogP contribution < -0.4 is 4.74 Å². The van der Waals surface area contributed by atoms with Gasteiger partial charge >= 0.3 is 0 Å². The van der Waals surface area contributed by atoms with Crippen LogP contribution in [0.1, 0.15) is 0 Å². The van der Waals surface area contributed by atoms with Crippen LogP contribution in [0.3, 0.4) is 0 Å². The maximum absolute atomic E-state index is 10.4. The molecule has 5 nitrogen and oxygen atoms in total. The highest BCUT2D eigenvalue weighted by Gasteiger charge is 2.05. The largest absolute Gasteiger partial charge is 0.439 e. The Bertz CT molecular complexity index is 482. The maximum Gasteiger partial charge on any atom is 0.287 e. The molecule has 0 aliphatic carbocycles. The summed E-state index contributed by atoms with van der Waals surface area (Å²) < 4.78 is 5.36. The normalized spacial score (nSPS) is 9.75. The Morgan fingerprint density at radius 2 is 2.00 bits per heavy atom. The lowest BCUT2D eigenvalue weighted by atomic mass is 10.3. The standard InChI is InChI=1S/C11H7N2O3/c14-13(15)9-6-7-11(12-8-9)16-10-4-2-1-3-5-10/h2-8H. The van der Waals surface area contributed by atoms with E-state index in [1.807, 2.05) is 0 Å². The van der Waals surface area contributed by atoms with Crippen LogP contribution >= 0.6 is 0 Å². The molecular formula is C11H7N2O3. The molecule has 1 heterocycles. The summed E-state index contributed by atoms with van der Waals surface area (Å²) in [7, 11) is 0. The molecule has 0 amide bonds. The highest BCUT2D eigenvalue weighted by Crippen LogP contribution is 2.20. The van der Waals surface area contributed by atoms with Crippen molar-refractivity contribution in [3.8, 4) is 11.6 Å². The molecule has 0 N–H and O–H groups in total. The van der Waals surface area contributed by atoms with Crippen molar-refractivity contribution in [2.45, 2.75) is 0 Å². The number of rotatable bonds is 3. The molecule has 79 valence electrons. The zero-order valence-electron chi connectivity index (χ0n) is 8.16. The summed E-state index contributed by atoms with van der Waals surface area (Å²) in [6.45, 7) is 0. The van der Waals surface area contributed by atoms with E-state index in [1.54, 1.807) is 24.3 Å². The molecule has 0 fully saturated rings. The number of hydrogen-bond donors (Lipinski definition) is 0. The average molecular weight is 215 g/mol. The van der Waals surface area contributed by atoms with Crippen molar-refractivity contribution in [3.63, 3.8) is 0 Å². The molecule has 1 radical (unpaired) electrons. The second-order valence-electron chi connectivity index (χ2n) is 2.95. The van der Waals surface area contributed by atoms with Crippen molar-refractivity contribution < 1.29 is 9.66 Å². The molecule has 1 aromatic carbocycles. The first-order valence-electron chi connectivity index (χ1n) is 4.50. The van der Waals surface area contributed by atoms with E-state index in [0.29, 0.717) is 11.6 Å². The minimum Gasteiger partial charge on any atom is -0.439 e. The van der Waals surface area contributed by atoms with Gasteiger partial charge in [-0.2, -0.15) is 0 Å². The number of benzene rings is 1. The van der Waals surface area contributed by atoms with E-state index in [2.05, 4.69) is 11.1 Å². The summed E-state index contributed by atoms with van der Waals surface area (Å²) >= 11 is 0. The zero-order chi connectivity index (χ0) is 11.4. The van der Waals surface area contributed by atoms with Crippen molar-refractivity contribution >= 4 is 5.69 Å². The van der Waals surface area contributed by atoms with Gasteiger partial charge in [-0.15, -0.1) is 0 Å². The van der Waals surface area contributed by atoms with Crippen LogP contribution in [0, 0.1) is 16.2 Å². The third kappa shape index (κ3) is 2.33. The Morgan fingerprint density at radius 1 is 1.25 bits per heavy atom. The summed E-state index contributed by atoms with van der Waals surface area (Å²) in [6, 6.07) is 12.5. The van der Waals surface area contributed by atoms with E-state index < -0.39 is 4.92 Å². The van der Waals surface area contributed by atoms with Gasteiger partial charge in [-0.05, 0) is 18.2 Å². The molecule has 0 atom stereocenters. The van der Waals surface area contributed by atoms with Gasteiger partial charge in [0, 0.05) is 12.1 Å². The van der Waals surface area contributed by atoms with E-state index in [9.17, 15) is 10.1 Å². The fraction of sp³-hybridized carbons (Fsp3) is 0. The Kier molecular flexibility index (Phi) is 2.77. The molecule has 5 heteroatoms. The molecule has 0 saturated heterocycles. The molecule has 0 spiro atoms. The van der Waals surface area contributed by atoms with Crippen molar-refractivity contribution in [1.82, 2.24) is 4.98 Å². The van der Waals surface area contributed by atoms with Crippen LogP contribution in [-0.4, -0.2) is 9.91 Å². The summed E-state index contributed by atoms with van der Waals surface area (Å²) in [5.41, 5.74) is -0.0613. The third-order valence-corrected chi connectivity index (χ3v) is 1.84. The van der Waals surface area contributed by atoms with Crippen molar-refractivity contribution in [3.05, 3.63) is 58.8 Å². The van der Waals surface area contributed by atoms with Crippen molar-refractivity contribution in [1.29, 1.82) is 0 Å². The lowest BCUT2D eigenvalue weighted by Crippen LogP contribution is -1.91. The van der Waals surface area contributed by atoms with E-state index >= 15 is 0 Å². The number of hydrogen-bond acceptors (Lipinski definition) is 4. The van der Waals surface area contributed by atoms with Gasteiger partial charge in [0.25, 0.3) is 5.69 Å². The van der Waals surface area contributed by atoms with Gasteiger partial charge in [-0.25, -0.2) is 4.98 Å². The van der Waals surface area contributed by atoms with E-state index in [4.69, 9.17) is 4.74 Å². The first-order chi connectivity index (χ1) is 7.75. The first kappa shape index (κ1) is 10.1. The van der Waals surface area contributed by atoms with Gasteiger partial charge in [-0.1, -0.05) is 12.1 Å². The number of aromatic nitrogens is 1. The molecule has 16 heavy (non-hydrogen) atoms. The number of ether oxygens (including phenoxy) is 1. The van der Waals surface area contributed by atoms with Crippen LogP contribution in [0.5, 0.6) is 11.6 Å². The predicted octanol–water partition coefficient (Wildman–Crippen LogP) is 2.58. The molecule has 0 aliphatic heterocycles. The highest BCUT2D eigenvalue weighted by atomic mass is 16.6. The minimum absolute atomic E-state index is 0.0613. The van der Waals surface area contributed by atoms with Crippen LogP contribution in [0.4, 0.5) is 5.69 Å². The lowest BCUT2D eigenvalue weighted by molar-refractivity contribution is -0.385. The molecule has 0 unspecified atom stereocenters. The van der Waals surface area contributed by atoms with Crippen LogP contribution in [0.2, 0.25) is 0 Å². The monoisotopic (exact) mass is 215 g/mol. The quantitative estimate of drug-likeness (QED) is 0.583. The van der Waals surface area contributed by atoms with Gasteiger partial charge in [0.15, 0.2) is 0 Å².